The molecule has 1 heterocycles. The first-order valence-electron chi connectivity index (χ1n) is 7.45. The molecular formula is C18H16N2O4. The van der Waals surface area contributed by atoms with Crippen LogP contribution in [0.15, 0.2) is 42.5 Å². The number of nitrogens with one attached hydrogen (secondary N) is 1. The van der Waals surface area contributed by atoms with Crippen molar-refractivity contribution in [3.63, 3.8) is 0 Å². The summed E-state index contributed by atoms with van der Waals surface area (Å²) in [7, 11) is 0. The summed E-state index contributed by atoms with van der Waals surface area (Å²) in [5.41, 5.74) is 4.67. The summed E-state index contributed by atoms with van der Waals surface area (Å²) in [6.45, 7) is 3.47. The van der Waals surface area contributed by atoms with Crippen molar-refractivity contribution in [2.75, 3.05) is 6.61 Å². The van der Waals surface area contributed by atoms with E-state index in [4.69, 9.17) is 4.74 Å². The van der Waals surface area contributed by atoms with Crippen molar-refractivity contribution >= 4 is 17.7 Å². The van der Waals surface area contributed by atoms with Gasteiger partial charge in [0.1, 0.15) is 5.75 Å². The fraction of sp³-hybridized carbons (Fsp3) is 0.167. The lowest BCUT2D eigenvalue weighted by molar-refractivity contribution is -0.126. The number of nitrogens with zero attached hydrogens (tertiary/aromatic N) is 1. The molecule has 24 heavy (non-hydrogen) atoms. The highest BCUT2D eigenvalue weighted by Gasteiger charge is 2.36. The molecule has 0 radical (unpaired) electrons. The molecule has 0 aromatic heterocycles. The van der Waals surface area contributed by atoms with Crippen molar-refractivity contribution in [1.29, 1.82) is 0 Å². The molecule has 0 bridgehead atoms. The van der Waals surface area contributed by atoms with Crippen molar-refractivity contribution in [2.45, 2.75) is 13.8 Å². The Labute approximate surface area is 139 Å². The summed E-state index contributed by atoms with van der Waals surface area (Å²) in [6, 6.07) is 12.1. The molecule has 2 aromatic carbocycles. The zero-order valence-electron chi connectivity index (χ0n) is 13.3. The Balaban J connectivity index is 1.66. The molecule has 122 valence electrons. The number of amides is 3. The average molecular weight is 324 g/mol. The number of imide groups is 1. The lowest BCUT2D eigenvalue weighted by Crippen LogP contribution is -2.47. The van der Waals surface area contributed by atoms with Crippen LogP contribution in [0.1, 0.15) is 31.8 Å². The molecule has 3 rings (SSSR count). The predicted octanol–water partition coefficient (Wildman–Crippen LogP) is 2.01. The summed E-state index contributed by atoms with van der Waals surface area (Å²) in [5, 5.41) is 0.723. The van der Waals surface area contributed by atoms with E-state index >= 15 is 0 Å². The lowest BCUT2D eigenvalue weighted by atomic mass is 10.1. The van der Waals surface area contributed by atoms with Gasteiger partial charge in [-0.25, -0.2) is 0 Å². The highest BCUT2D eigenvalue weighted by atomic mass is 16.5. The van der Waals surface area contributed by atoms with Crippen LogP contribution in [-0.4, -0.2) is 29.3 Å². The number of hydrogen-bond donors (Lipinski definition) is 1. The van der Waals surface area contributed by atoms with E-state index in [2.05, 4.69) is 5.43 Å². The van der Waals surface area contributed by atoms with E-state index in [1.54, 1.807) is 24.3 Å². The molecule has 0 saturated heterocycles. The molecule has 1 aliphatic heterocycles. The average Bonchev–Trinajstić information content (AvgIpc) is 2.80. The highest BCUT2D eigenvalue weighted by molar-refractivity contribution is 6.21. The van der Waals surface area contributed by atoms with Crippen molar-refractivity contribution < 1.29 is 19.1 Å². The molecule has 0 saturated carbocycles. The summed E-state index contributed by atoms with van der Waals surface area (Å²) >= 11 is 0. The van der Waals surface area contributed by atoms with Gasteiger partial charge in [0.15, 0.2) is 6.61 Å². The van der Waals surface area contributed by atoms with Crippen LogP contribution < -0.4 is 10.2 Å². The molecule has 1 aliphatic rings. The molecule has 1 N–H and O–H groups in total. The Morgan fingerprint density at radius 3 is 2.04 bits per heavy atom. The second-order valence-corrected chi connectivity index (χ2v) is 5.54. The summed E-state index contributed by atoms with van der Waals surface area (Å²) in [4.78, 5) is 36.4. The van der Waals surface area contributed by atoms with Crippen molar-refractivity contribution in [1.82, 2.24) is 10.4 Å². The van der Waals surface area contributed by atoms with Crippen molar-refractivity contribution in [3.05, 3.63) is 64.7 Å². The van der Waals surface area contributed by atoms with Crippen LogP contribution >= 0.6 is 0 Å². The Kier molecular flexibility index (Phi) is 4.04. The van der Waals surface area contributed by atoms with Gasteiger partial charge in [0.2, 0.25) is 0 Å². The van der Waals surface area contributed by atoms with Gasteiger partial charge in [-0.05, 0) is 37.1 Å². The second kappa shape index (κ2) is 6.16. The van der Waals surface area contributed by atoms with Gasteiger partial charge in [0.05, 0.1) is 11.1 Å². The fourth-order valence-electron chi connectivity index (χ4n) is 2.61. The van der Waals surface area contributed by atoms with E-state index in [0.717, 1.165) is 16.1 Å². The number of para-hydroxylation sites is 1. The largest absolute Gasteiger partial charge is 0.483 e. The monoisotopic (exact) mass is 324 g/mol. The van der Waals surface area contributed by atoms with Crippen LogP contribution in [0, 0.1) is 13.8 Å². The molecule has 0 aliphatic carbocycles. The SMILES string of the molecule is Cc1cccc(C)c1OCC(=O)NN1C(=O)c2ccccc2C1=O. The minimum atomic E-state index is -0.577. The van der Waals surface area contributed by atoms with Crippen LogP contribution in [0.25, 0.3) is 0 Å². The number of benzene rings is 2. The van der Waals surface area contributed by atoms with E-state index in [1.807, 2.05) is 32.0 Å². The van der Waals surface area contributed by atoms with Crippen LogP contribution in [0.2, 0.25) is 0 Å². The zero-order chi connectivity index (χ0) is 17.3. The van der Waals surface area contributed by atoms with Gasteiger partial charge in [-0.15, -0.1) is 0 Å². The molecule has 0 atom stereocenters. The molecule has 0 spiro atoms. The van der Waals surface area contributed by atoms with E-state index in [1.165, 1.54) is 0 Å². The van der Waals surface area contributed by atoms with Gasteiger partial charge in [-0.1, -0.05) is 30.3 Å². The fourth-order valence-corrected chi connectivity index (χ4v) is 2.61. The van der Waals surface area contributed by atoms with E-state index < -0.39 is 17.7 Å². The van der Waals surface area contributed by atoms with Gasteiger partial charge in [-0.3, -0.25) is 19.8 Å². The first-order valence-corrected chi connectivity index (χ1v) is 7.45. The molecule has 2 aromatic rings. The van der Waals surface area contributed by atoms with Crippen molar-refractivity contribution in [3.8, 4) is 5.75 Å². The first kappa shape index (κ1) is 15.7. The molecule has 6 nitrogen and oxygen atoms in total. The summed E-state index contributed by atoms with van der Waals surface area (Å²) in [6.07, 6.45) is 0. The van der Waals surface area contributed by atoms with Gasteiger partial charge < -0.3 is 4.74 Å². The van der Waals surface area contributed by atoms with Gasteiger partial charge in [0.25, 0.3) is 17.7 Å². The number of carbonyl (C=O) groups excluding carboxylic acids is 3. The minimum Gasteiger partial charge on any atom is -0.483 e. The number of hydrazine groups is 1. The minimum absolute atomic E-state index is 0.276. The number of rotatable bonds is 4. The van der Waals surface area contributed by atoms with E-state index in [-0.39, 0.29) is 17.7 Å². The molecular weight excluding hydrogens is 308 g/mol. The maximum atomic E-state index is 12.2. The van der Waals surface area contributed by atoms with Gasteiger partial charge in [-0.2, -0.15) is 5.01 Å². The Morgan fingerprint density at radius 1 is 0.958 bits per heavy atom. The Hall–Kier alpha value is -3.15. The maximum absolute atomic E-state index is 12.2. The topological polar surface area (TPSA) is 75.7 Å². The smallest absolute Gasteiger partial charge is 0.280 e. The third kappa shape index (κ3) is 2.74. The maximum Gasteiger partial charge on any atom is 0.280 e. The van der Waals surface area contributed by atoms with E-state index in [0.29, 0.717) is 5.75 Å². The number of hydrogen-bond acceptors (Lipinski definition) is 4. The summed E-state index contributed by atoms with van der Waals surface area (Å²) in [5.74, 6) is -1.05. The normalized spacial score (nSPS) is 13.0. The van der Waals surface area contributed by atoms with Crippen LogP contribution in [-0.2, 0) is 4.79 Å². The third-order valence-corrected chi connectivity index (χ3v) is 3.79. The molecule has 0 unspecified atom stereocenters. The molecule has 3 amide bonds. The van der Waals surface area contributed by atoms with Crippen LogP contribution in [0.3, 0.4) is 0 Å². The first-order chi connectivity index (χ1) is 11.5. The number of ether oxygens (including phenoxy) is 1. The third-order valence-electron chi connectivity index (χ3n) is 3.79. The lowest BCUT2D eigenvalue weighted by Gasteiger charge is -2.16. The molecule has 6 heteroatoms. The van der Waals surface area contributed by atoms with E-state index in [9.17, 15) is 14.4 Å². The number of aryl methyl sites for hydroxylation is 2. The Bertz CT molecular complexity index is 789. The quantitative estimate of drug-likeness (QED) is 0.873. The van der Waals surface area contributed by atoms with Crippen LogP contribution in [0.4, 0.5) is 0 Å². The zero-order valence-corrected chi connectivity index (χ0v) is 13.3. The molecule has 0 fully saturated rings. The van der Waals surface area contributed by atoms with Gasteiger partial charge >= 0.3 is 0 Å². The highest BCUT2D eigenvalue weighted by Crippen LogP contribution is 2.23. The number of fused-ring (bicyclic) bond motifs is 1. The second-order valence-electron chi connectivity index (χ2n) is 5.54. The standard InChI is InChI=1S/C18H16N2O4/c1-11-6-5-7-12(2)16(11)24-10-15(21)19-20-17(22)13-8-3-4-9-14(13)18(20)23/h3-9H,10H2,1-2H3,(H,19,21). The predicted molar refractivity (Wildman–Crippen MR) is 86.5 cm³/mol. The van der Waals surface area contributed by atoms with Crippen molar-refractivity contribution in [2.24, 2.45) is 0 Å². The van der Waals surface area contributed by atoms with Gasteiger partial charge in [0, 0.05) is 0 Å². The summed E-state index contributed by atoms with van der Waals surface area (Å²) < 4.78 is 5.53. The Morgan fingerprint density at radius 2 is 1.50 bits per heavy atom. The number of carbonyl (C=O) groups is 3. The van der Waals surface area contributed by atoms with Crippen LogP contribution in [0.5, 0.6) is 5.75 Å².